The van der Waals surface area contributed by atoms with Crippen LogP contribution in [-0.2, 0) is 17.7 Å². The highest BCUT2D eigenvalue weighted by Crippen LogP contribution is 2.20. The van der Waals surface area contributed by atoms with Crippen LogP contribution in [-0.4, -0.2) is 53.4 Å². The van der Waals surface area contributed by atoms with E-state index in [1.807, 2.05) is 55.2 Å². The molecule has 0 saturated heterocycles. The Bertz CT molecular complexity index is 926. The van der Waals surface area contributed by atoms with Crippen molar-refractivity contribution in [3.8, 4) is 5.69 Å². The van der Waals surface area contributed by atoms with Gasteiger partial charge in [-0.1, -0.05) is 18.2 Å². The van der Waals surface area contributed by atoms with Crippen molar-refractivity contribution in [2.45, 2.75) is 26.0 Å². The van der Waals surface area contributed by atoms with Crippen molar-refractivity contribution in [2.75, 3.05) is 27.7 Å². The molecule has 30 heavy (non-hydrogen) atoms. The quantitative estimate of drug-likeness (QED) is 0.267. The molecular weight excluding hydrogens is 511 g/mol. The monoisotopic (exact) mass is 540 g/mol. The molecule has 0 bridgehead atoms. The van der Waals surface area contributed by atoms with Crippen molar-refractivity contribution in [3.05, 3.63) is 64.4 Å². The molecule has 0 aliphatic rings. The number of rotatable bonds is 8. The summed E-state index contributed by atoms with van der Waals surface area (Å²) < 4.78 is 7.24. The van der Waals surface area contributed by atoms with Gasteiger partial charge in [0.1, 0.15) is 11.1 Å². The van der Waals surface area contributed by atoms with Crippen molar-refractivity contribution in [2.24, 2.45) is 4.99 Å². The Morgan fingerprint density at radius 2 is 2.10 bits per heavy atom. The molecule has 0 aliphatic carbocycles. The molecule has 0 radical (unpaired) electrons. The van der Waals surface area contributed by atoms with Gasteiger partial charge in [0.05, 0.1) is 24.1 Å². The molecule has 1 N–H and O–H groups in total. The van der Waals surface area contributed by atoms with Gasteiger partial charge in [-0.2, -0.15) is 5.10 Å². The summed E-state index contributed by atoms with van der Waals surface area (Å²) in [6.07, 6.45) is 4.87. The van der Waals surface area contributed by atoms with Crippen LogP contribution >= 0.6 is 35.3 Å². The number of aromatic nitrogens is 3. The molecule has 9 heteroatoms. The predicted molar refractivity (Wildman–Crippen MR) is 133 cm³/mol. The van der Waals surface area contributed by atoms with E-state index in [-0.39, 0.29) is 30.1 Å². The van der Waals surface area contributed by atoms with E-state index in [2.05, 4.69) is 36.9 Å². The van der Waals surface area contributed by atoms with E-state index in [1.165, 1.54) is 5.56 Å². The maximum Gasteiger partial charge on any atom is 0.193 e. The third kappa shape index (κ3) is 6.51. The molecule has 3 aromatic rings. The second-order valence-electron chi connectivity index (χ2n) is 6.76. The molecular formula is C21H29IN6OS. The number of ether oxygens (including phenoxy) is 1. The van der Waals surface area contributed by atoms with Gasteiger partial charge >= 0.3 is 0 Å². The Balaban J connectivity index is 0.00000320. The molecule has 0 spiro atoms. The van der Waals surface area contributed by atoms with Gasteiger partial charge < -0.3 is 15.0 Å². The fraction of sp³-hybridized carbons (Fsp3) is 0.381. The van der Waals surface area contributed by atoms with Crippen LogP contribution in [0.2, 0.25) is 0 Å². The zero-order valence-corrected chi connectivity index (χ0v) is 20.9. The van der Waals surface area contributed by atoms with E-state index >= 15 is 0 Å². The van der Waals surface area contributed by atoms with E-state index in [0.29, 0.717) is 6.54 Å². The number of hydrogen-bond donors (Lipinski definition) is 1. The van der Waals surface area contributed by atoms with Crippen LogP contribution in [0, 0.1) is 0 Å². The molecule has 2 aromatic heterocycles. The zero-order chi connectivity index (χ0) is 20.6. The number of nitrogens with one attached hydrogen (secondary N) is 1. The molecule has 1 unspecified atom stereocenters. The molecule has 1 atom stereocenters. The summed E-state index contributed by atoms with van der Waals surface area (Å²) in [4.78, 5) is 11.1. The molecule has 0 fully saturated rings. The number of hydrogen-bond acceptors (Lipinski definition) is 5. The first kappa shape index (κ1) is 24.3. The molecule has 2 heterocycles. The van der Waals surface area contributed by atoms with Crippen LogP contribution in [0.25, 0.3) is 5.69 Å². The molecule has 0 aliphatic heterocycles. The molecule has 1 aromatic carbocycles. The highest BCUT2D eigenvalue weighted by atomic mass is 127. The summed E-state index contributed by atoms with van der Waals surface area (Å²) in [5.41, 5.74) is 3.26. The van der Waals surface area contributed by atoms with Crippen molar-refractivity contribution in [1.82, 2.24) is 25.0 Å². The normalized spacial score (nSPS) is 12.3. The zero-order valence-electron chi connectivity index (χ0n) is 17.8. The summed E-state index contributed by atoms with van der Waals surface area (Å²) in [5.74, 6) is 0.842. The summed E-state index contributed by atoms with van der Waals surface area (Å²) in [6.45, 7) is 3.48. The number of aliphatic imine (C=N–C) groups is 1. The number of halogens is 1. The third-order valence-electron chi connectivity index (χ3n) is 4.60. The van der Waals surface area contributed by atoms with Crippen LogP contribution in [0.5, 0.6) is 0 Å². The largest absolute Gasteiger partial charge is 0.375 e. The highest BCUT2D eigenvalue weighted by Gasteiger charge is 2.12. The average Bonchev–Trinajstić information content (AvgIpc) is 3.41. The topological polar surface area (TPSA) is 67.6 Å². The maximum absolute atomic E-state index is 5.34. The Hall–Kier alpha value is -1.98. The van der Waals surface area contributed by atoms with Gasteiger partial charge in [0.2, 0.25) is 0 Å². The Kier molecular flexibility index (Phi) is 9.73. The molecule has 162 valence electrons. The second kappa shape index (κ2) is 12.0. The Labute approximate surface area is 199 Å². The Morgan fingerprint density at radius 1 is 1.33 bits per heavy atom. The number of nitrogens with zero attached hydrogens (tertiary/aromatic N) is 5. The summed E-state index contributed by atoms with van der Waals surface area (Å²) >= 11 is 1.63. The first-order valence-corrected chi connectivity index (χ1v) is 10.5. The smallest absolute Gasteiger partial charge is 0.193 e. The van der Waals surface area contributed by atoms with Gasteiger partial charge in [-0.25, -0.2) is 9.67 Å². The van der Waals surface area contributed by atoms with E-state index in [4.69, 9.17) is 4.74 Å². The minimum Gasteiger partial charge on any atom is -0.375 e. The van der Waals surface area contributed by atoms with Crippen LogP contribution < -0.4 is 5.32 Å². The number of methoxy groups -OCH3 is 1. The Morgan fingerprint density at radius 3 is 2.80 bits per heavy atom. The molecule has 0 amide bonds. The first-order chi connectivity index (χ1) is 14.1. The lowest BCUT2D eigenvalue weighted by Crippen LogP contribution is -2.39. The van der Waals surface area contributed by atoms with Gasteiger partial charge in [-0.05, 0) is 31.0 Å². The van der Waals surface area contributed by atoms with Crippen LogP contribution in [0.4, 0.5) is 0 Å². The van der Waals surface area contributed by atoms with E-state index in [9.17, 15) is 0 Å². The minimum absolute atomic E-state index is 0. The lowest BCUT2D eigenvalue weighted by atomic mass is 10.2. The number of guanidine groups is 1. The molecule has 7 nitrogen and oxygen atoms in total. The van der Waals surface area contributed by atoms with Gasteiger partial charge in [0.25, 0.3) is 0 Å². The van der Waals surface area contributed by atoms with Crippen molar-refractivity contribution >= 4 is 41.3 Å². The predicted octanol–water partition coefficient (Wildman–Crippen LogP) is 3.90. The first-order valence-electron chi connectivity index (χ1n) is 9.58. The molecule has 0 saturated carbocycles. The second-order valence-corrected chi connectivity index (χ2v) is 7.65. The number of para-hydroxylation sites is 1. The van der Waals surface area contributed by atoms with Gasteiger partial charge in [-0.3, -0.25) is 4.99 Å². The SMILES string of the molecule is CN=C(NCCc1cnn(-c2ccccc2)c1)N(C)Cc1csc(C(C)OC)n1.I. The van der Waals surface area contributed by atoms with Crippen LogP contribution in [0.15, 0.2) is 53.1 Å². The van der Waals surface area contributed by atoms with Crippen LogP contribution in [0.3, 0.4) is 0 Å². The number of benzene rings is 1. The highest BCUT2D eigenvalue weighted by molar-refractivity contribution is 14.0. The van der Waals surface area contributed by atoms with Gasteiger partial charge in [0, 0.05) is 39.3 Å². The lowest BCUT2D eigenvalue weighted by molar-refractivity contribution is 0.119. The molecule has 3 rings (SSSR count). The summed E-state index contributed by atoms with van der Waals surface area (Å²) in [7, 11) is 5.51. The minimum atomic E-state index is 0. The lowest BCUT2D eigenvalue weighted by Gasteiger charge is -2.21. The third-order valence-corrected chi connectivity index (χ3v) is 5.65. The fourth-order valence-corrected chi connectivity index (χ4v) is 3.76. The van der Waals surface area contributed by atoms with Crippen molar-refractivity contribution in [1.29, 1.82) is 0 Å². The maximum atomic E-state index is 5.34. The van der Waals surface area contributed by atoms with E-state index < -0.39 is 0 Å². The van der Waals surface area contributed by atoms with Gasteiger partial charge in [-0.15, -0.1) is 35.3 Å². The summed E-state index contributed by atoms with van der Waals surface area (Å²) in [6, 6.07) is 10.1. The van der Waals surface area contributed by atoms with E-state index in [1.54, 1.807) is 25.5 Å². The van der Waals surface area contributed by atoms with Crippen molar-refractivity contribution in [3.63, 3.8) is 0 Å². The fourth-order valence-electron chi connectivity index (χ4n) is 2.92. The number of thiazole rings is 1. The van der Waals surface area contributed by atoms with Crippen LogP contribution in [0.1, 0.15) is 29.3 Å². The average molecular weight is 540 g/mol. The standard InChI is InChI=1S/C21H28N6OS.HI/c1-16(28-4)20-25-18(15-29-20)14-26(3)21(22-2)23-11-10-17-12-24-27(13-17)19-8-6-5-7-9-19;/h5-9,12-13,15-16H,10-11,14H2,1-4H3,(H,22,23);1H. The van der Waals surface area contributed by atoms with Crippen molar-refractivity contribution < 1.29 is 4.74 Å². The van der Waals surface area contributed by atoms with Gasteiger partial charge in [0.15, 0.2) is 5.96 Å². The van der Waals surface area contributed by atoms with E-state index in [0.717, 1.165) is 35.3 Å². The summed E-state index contributed by atoms with van der Waals surface area (Å²) in [5, 5.41) is 10.9.